The number of piperidine rings is 1. The summed E-state index contributed by atoms with van der Waals surface area (Å²) in [6.07, 6.45) is 2.54. The predicted octanol–water partition coefficient (Wildman–Crippen LogP) is 4.93. The van der Waals surface area contributed by atoms with Crippen molar-refractivity contribution in [3.05, 3.63) is 44.9 Å². The van der Waals surface area contributed by atoms with Gasteiger partial charge in [-0.2, -0.15) is 0 Å². The van der Waals surface area contributed by atoms with Crippen LogP contribution in [0.4, 0.5) is 5.13 Å². The standard InChI is InChI=1S/C17H19Cl2N3OS/c1-11-3-2-6-22(8-11)9-13-10-24-17(20-13)21-16(23)14-7-12(18)4-5-15(14)19/h4-5,7,10-11H,2-3,6,8-9H2,1H3,(H,20,21,23). The van der Waals surface area contributed by atoms with Crippen LogP contribution in [-0.2, 0) is 6.54 Å². The van der Waals surface area contributed by atoms with Gasteiger partial charge in [0, 0.05) is 23.5 Å². The largest absolute Gasteiger partial charge is 0.298 e. The first-order valence-electron chi connectivity index (χ1n) is 7.94. The van der Waals surface area contributed by atoms with Gasteiger partial charge in [-0.15, -0.1) is 11.3 Å². The van der Waals surface area contributed by atoms with Gasteiger partial charge in [-0.1, -0.05) is 30.1 Å². The molecule has 1 unspecified atom stereocenters. The quantitative estimate of drug-likeness (QED) is 0.813. The highest BCUT2D eigenvalue weighted by Crippen LogP contribution is 2.24. The Morgan fingerprint density at radius 3 is 3.08 bits per heavy atom. The normalized spacial score (nSPS) is 18.5. The molecule has 0 aliphatic carbocycles. The van der Waals surface area contributed by atoms with Crippen LogP contribution in [0.3, 0.4) is 0 Å². The van der Waals surface area contributed by atoms with Crippen LogP contribution in [0.1, 0.15) is 35.8 Å². The van der Waals surface area contributed by atoms with E-state index in [-0.39, 0.29) is 5.91 Å². The lowest BCUT2D eigenvalue weighted by molar-refractivity contribution is 0.102. The molecule has 1 saturated heterocycles. The molecule has 1 aliphatic rings. The molecule has 0 spiro atoms. The molecule has 2 aromatic rings. The third kappa shape index (κ3) is 4.48. The van der Waals surface area contributed by atoms with Crippen molar-refractivity contribution in [2.75, 3.05) is 18.4 Å². The van der Waals surface area contributed by atoms with Crippen molar-refractivity contribution in [2.24, 2.45) is 5.92 Å². The fourth-order valence-corrected chi connectivity index (χ4v) is 4.00. The Hall–Kier alpha value is -1.14. The van der Waals surface area contributed by atoms with Crippen molar-refractivity contribution < 1.29 is 4.79 Å². The van der Waals surface area contributed by atoms with E-state index in [1.54, 1.807) is 18.2 Å². The van der Waals surface area contributed by atoms with Crippen LogP contribution in [0.15, 0.2) is 23.6 Å². The number of benzene rings is 1. The van der Waals surface area contributed by atoms with Crippen molar-refractivity contribution in [3.8, 4) is 0 Å². The lowest BCUT2D eigenvalue weighted by Crippen LogP contribution is -2.33. The molecule has 1 atom stereocenters. The molecule has 1 amide bonds. The first kappa shape index (κ1) is 17.7. The van der Waals surface area contributed by atoms with Gasteiger partial charge in [-0.05, 0) is 43.5 Å². The van der Waals surface area contributed by atoms with E-state index in [1.165, 1.54) is 24.2 Å². The Morgan fingerprint density at radius 2 is 2.29 bits per heavy atom. The number of thiazole rings is 1. The zero-order valence-corrected chi connectivity index (χ0v) is 15.7. The molecule has 3 rings (SSSR count). The summed E-state index contributed by atoms with van der Waals surface area (Å²) < 4.78 is 0. The fraction of sp³-hybridized carbons (Fsp3) is 0.412. The Balaban J connectivity index is 1.63. The van der Waals surface area contributed by atoms with Gasteiger partial charge in [0.15, 0.2) is 5.13 Å². The zero-order valence-electron chi connectivity index (χ0n) is 13.4. The first-order valence-corrected chi connectivity index (χ1v) is 9.58. The number of hydrogen-bond donors (Lipinski definition) is 1. The van der Waals surface area contributed by atoms with Crippen molar-refractivity contribution >= 4 is 45.6 Å². The molecular formula is C17H19Cl2N3OS. The first-order chi connectivity index (χ1) is 11.5. The van der Waals surface area contributed by atoms with Gasteiger partial charge in [0.1, 0.15) is 0 Å². The van der Waals surface area contributed by atoms with E-state index in [0.29, 0.717) is 20.7 Å². The highest BCUT2D eigenvalue weighted by molar-refractivity contribution is 7.14. The summed E-state index contributed by atoms with van der Waals surface area (Å²) in [6.45, 7) is 5.33. The van der Waals surface area contributed by atoms with Crippen molar-refractivity contribution in [2.45, 2.75) is 26.3 Å². The van der Waals surface area contributed by atoms with Gasteiger partial charge in [0.25, 0.3) is 5.91 Å². The van der Waals surface area contributed by atoms with Gasteiger partial charge in [0.05, 0.1) is 16.3 Å². The number of nitrogens with one attached hydrogen (secondary N) is 1. The molecular weight excluding hydrogens is 365 g/mol. The molecule has 4 nitrogen and oxygen atoms in total. The van der Waals surface area contributed by atoms with Crippen molar-refractivity contribution in [1.29, 1.82) is 0 Å². The third-order valence-electron chi connectivity index (χ3n) is 4.07. The Bertz CT molecular complexity index is 734. The van der Waals surface area contributed by atoms with Gasteiger partial charge < -0.3 is 0 Å². The van der Waals surface area contributed by atoms with Crippen LogP contribution in [0, 0.1) is 5.92 Å². The van der Waals surface area contributed by atoms with Gasteiger partial charge in [-0.3, -0.25) is 15.0 Å². The lowest BCUT2D eigenvalue weighted by Gasteiger charge is -2.30. The number of rotatable bonds is 4. The number of anilines is 1. The van der Waals surface area contributed by atoms with Crippen LogP contribution >= 0.6 is 34.5 Å². The summed E-state index contributed by atoms with van der Waals surface area (Å²) >= 11 is 13.4. The van der Waals surface area contributed by atoms with E-state index < -0.39 is 0 Å². The number of nitrogens with zero attached hydrogens (tertiary/aromatic N) is 2. The SMILES string of the molecule is CC1CCCN(Cc2csc(NC(=O)c3cc(Cl)ccc3Cl)n2)C1. The number of halogens is 2. The second-order valence-corrected chi connectivity index (χ2v) is 7.91. The summed E-state index contributed by atoms with van der Waals surface area (Å²) in [4.78, 5) is 19.3. The molecule has 0 bridgehead atoms. The minimum atomic E-state index is -0.296. The molecule has 1 fully saturated rings. The highest BCUT2D eigenvalue weighted by atomic mass is 35.5. The summed E-state index contributed by atoms with van der Waals surface area (Å²) in [5.41, 5.74) is 1.34. The van der Waals surface area contributed by atoms with E-state index >= 15 is 0 Å². The molecule has 24 heavy (non-hydrogen) atoms. The number of aromatic nitrogens is 1. The van der Waals surface area contributed by atoms with Crippen LogP contribution in [0.5, 0.6) is 0 Å². The summed E-state index contributed by atoms with van der Waals surface area (Å²) in [6, 6.07) is 4.83. The Labute approximate surface area is 155 Å². The number of amides is 1. The molecule has 0 saturated carbocycles. The van der Waals surface area contributed by atoms with Crippen LogP contribution < -0.4 is 5.32 Å². The number of likely N-dealkylation sites (tertiary alicyclic amines) is 1. The topological polar surface area (TPSA) is 45.2 Å². The predicted molar refractivity (Wildman–Crippen MR) is 100 cm³/mol. The van der Waals surface area contributed by atoms with E-state index in [4.69, 9.17) is 23.2 Å². The Kier molecular flexibility index (Phi) is 5.76. The van der Waals surface area contributed by atoms with Gasteiger partial charge in [0.2, 0.25) is 0 Å². The average molecular weight is 384 g/mol. The highest BCUT2D eigenvalue weighted by Gasteiger charge is 2.18. The van der Waals surface area contributed by atoms with Crippen LogP contribution in [0.2, 0.25) is 10.0 Å². The molecule has 1 aromatic heterocycles. The summed E-state index contributed by atoms with van der Waals surface area (Å²) in [5, 5.41) is 6.22. The molecule has 1 aromatic carbocycles. The van der Waals surface area contributed by atoms with E-state index in [0.717, 1.165) is 31.2 Å². The van der Waals surface area contributed by atoms with Crippen molar-refractivity contribution in [1.82, 2.24) is 9.88 Å². The second-order valence-electron chi connectivity index (χ2n) is 6.20. The number of carbonyl (C=O) groups is 1. The summed E-state index contributed by atoms with van der Waals surface area (Å²) in [7, 11) is 0. The fourth-order valence-electron chi connectivity index (χ4n) is 2.93. The van der Waals surface area contributed by atoms with Gasteiger partial charge >= 0.3 is 0 Å². The van der Waals surface area contributed by atoms with E-state index in [9.17, 15) is 4.79 Å². The second kappa shape index (κ2) is 7.83. The molecule has 0 radical (unpaired) electrons. The minimum Gasteiger partial charge on any atom is -0.298 e. The minimum absolute atomic E-state index is 0.296. The Morgan fingerprint density at radius 1 is 1.46 bits per heavy atom. The third-order valence-corrected chi connectivity index (χ3v) is 5.44. The molecule has 1 aliphatic heterocycles. The lowest BCUT2D eigenvalue weighted by atomic mass is 10.0. The van der Waals surface area contributed by atoms with Gasteiger partial charge in [-0.25, -0.2) is 4.98 Å². The maximum Gasteiger partial charge on any atom is 0.259 e. The van der Waals surface area contributed by atoms with E-state index in [2.05, 4.69) is 22.1 Å². The maximum absolute atomic E-state index is 12.3. The average Bonchev–Trinajstić information content (AvgIpc) is 2.96. The number of carbonyl (C=O) groups excluding carboxylic acids is 1. The van der Waals surface area contributed by atoms with Crippen LogP contribution in [-0.4, -0.2) is 28.9 Å². The van der Waals surface area contributed by atoms with Crippen molar-refractivity contribution in [3.63, 3.8) is 0 Å². The number of hydrogen-bond acceptors (Lipinski definition) is 4. The molecule has 7 heteroatoms. The molecule has 2 heterocycles. The molecule has 128 valence electrons. The smallest absolute Gasteiger partial charge is 0.259 e. The van der Waals surface area contributed by atoms with Crippen LogP contribution in [0.25, 0.3) is 0 Å². The monoisotopic (exact) mass is 383 g/mol. The summed E-state index contributed by atoms with van der Waals surface area (Å²) in [5.74, 6) is 0.441. The zero-order chi connectivity index (χ0) is 17.1. The maximum atomic E-state index is 12.3. The molecule has 1 N–H and O–H groups in total. The van der Waals surface area contributed by atoms with E-state index in [1.807, 2.05) is 5.38 Å².